The lowest BCUT2D eigenvalue weighted by molar-refractivity contribution is -0.139. The fraction of sp³-hybridized carbons (Fsp3) is 0.286. The number of ether oxygens (including phenoxy) is 2. The van der Waals surface area contributed by atoms with E-state index in [4.69, 9.17) is 38.4 Å². The zero-order valence-corrected chi connectivity index (χ0v) is 27.7. The Hall–Kier alpha value is -5.07. The van der Waals surface area contributed by atoms with Gasteiger partial charge in [0.1, 0.15) is 17.2 Å². The Balaban J connectivity index is 1.48. The Bertz CT molecular complexity index is 1980. The SMILES string of the molecule is COc1ccc([C@@]23C(=O)N(Nc4ccc(Cl)cc4Cl)C(=O)[C@@H]2C[C@@H]2C(=CC[C@@H]4C(=O)N(C(N)=O)C(=O)[C@@H]42)[C@@H]3c2ccc(OC)cc2O)cc1. The highest BCUT2D eigenvalue weighted by atomic mass is 35.5. The van der Waals surface area contributed by atoms with E-state index < -0.39 is 64.7 Å². The van der Waals surface area contributed by atoms with E-state index in [-0.39, 0.29) is 29.3 Å². The van der Waals surface area contributed by atoms with E-state index in [1.54, 1.807) is 48.5 Å². The first-order valence-corrected chi connectivity index (χ1v) is 16.2. The summed E-state index contributed by atoms with van der Waals surface area (Å²) in [6.45, 7) is 0. The highest BCUT2D eigenvalue weighted by Crippen LogP contribution is 2.65. The second-order valence-electron chi connectivity index (χ2n) is 12.5. The number of carbonyl (C=O) groups excluding carboxylic acids is 5. The van der Waals surface area contributed by atoms with E-state index in [0.717, 1.165) is 5.01 Å². The Morgan fingerprint density at radius 3 is 2.24 bits per heavy atom. The molecule has 3 fully saturated rings. The molecular weight excluding hydrogens is 675 g/mol. The van der Waals surface area contributed by atoms with Gasteiger partial charge in [-0.2, -0.15) is 9.91 Å². The van der Waals surface area contributed by atoms with Gasteiger partial charge in [0.15, 0.2) is 0 Å². The lowest BCUT2D eigenvalue weighted by atomic mass is 9.49. The second-order valence-corrected chi connectivity index (χ2v) is 13.3. The number of likely N-dealkylation sites (tertiary alicyclic amines) is 1. The number of methoxy groups -OCH3 is 2. The van der Waals surface area contributed by atoms with Crippen molar-refractivity contribution < 1.29 is 38.6 Å². The number of allylic oxidation sites excluding steroid dienone is 2. The molecule has 2 aliphatic carbocycles. The molecule has 49 heavy (non-hydrogen) atoms. The number of hydrogen-bond acceptors (Lipinski definition) is 9. The molecule has 3 aromatic rings. The van der Waals surface area contributed by atoms with Crippen molar-refractivity contribution in [2.45, 2.75) is 24.2 Å². The molecule has 252 valence electrons. The van der Waals surface area contributed by atoms with Crippen LogP contribution in [0, 0.1) is 23.7 Å². The van der Waals surface area contributed by atoms with Gasteiger partial charge in [-0.3, -0.25) is 24.6 Å². The van der Waals surface area contributed by atoms with Crippen molar-refractivity contribution in [3.63, 3.8) is 0 Å². The maximum absolute atomic E-state index is 15.2. The number of hydrogen-bond donors (Lipinski definition) is 3. The van der Waals surface area contributed by atoms with Crippen LogP contribution in [0.15, 0.2) is 72.3 Å². The van der Waals surface area contributed by atoms with Gasteiger partial charge >= 0.3 is 6.03 Å². The number of amides is 6. The van der Waals surface area contributed by atoms with Crippen LogP contribution in [0.1, 0.15) is 29.9 Å². The van der Waals surface area contributed by atoms with E-state index >= 15 is 4.79 Å². The van der Waals surface area contributed by atoms with Crippen LogP contribution in [-0.2, 0) is 24.6 Å². The topological polar surface area (TPSA) is 169 Å². The normalized spacial score (nSPS) is 27.3. The molecule has 12 nitrogen and oxygen atoms in total. The summed E-state index contributed by atoms with van der Waals surface area (Å²) in [5.41, 5.74) is 8.27. The number of phenolic OH excluding ortho intramolecular Hbond substituents is 1. The number of fused-ring (bicyclic) bond motifs is 4. The molecule has 6 amide bonds. The number of aromatic hydroxyl groups is 1. The number of nitrogens with one attached hydrogen (secondary N) is 1. The number of rotatable bonds is 6. The summed E-state index contributed by atoms with van der Waals surface area (Å²) in [5.74, 6) is -6.87. The van der Waals surface area contributed by atoms with Crippen LogP contribution in [0.25, 0.3) is 0 Å². The lowest BCUT2D eigenvalue weighted by Crippen LogP contribution is -2.53. The average Bonchev–Trinajstić information content (AvgIpc) is 3.47. The van der Waals surface area contributed by atoms with Crippen LogP contribution in [0.4, 0.5) is 10.5 Å². The number of phenols is 1. The molecule has 0 radical (unpaired) electrons. The molecule has 14 heteroatoms. The van der Waals surface area contributed by atoms with E-state index in [0.29, 0.717) is 38.1 Å². The molecule has 0 bridgehead atoms. The number of nitrogens with two attached hydrogens (primary N) is 1. The molecule has 0 aromatic heterocycles. The van der Waals surface area contributed by atoms with Gasteiger partial charge in [0.05, 0.1) is 48.1 Å². The summed E-state index contributed by atoms with van der Waals surface area (Å²) in [4.78, 5) is 69.7. The van der Waals surface area contributed by atoms with E-state index in [9.17, 15) is 24.3 Å². The van der Waals surface area contributed by atoms with Gasteiger partial charge in [0.25, 0.3) is 11.8 Å². The minimum Gasteiger partial charge on any atom is -0.508 e. The van der Waals surface area contributed by atoms with Crippen LogP contribution in [0.2, 0.25) is 10.0 Å². The molecule has 6 atom stereocenters. The van der Waals surface area contributed by atoms with Gasteiger partial charge in [-0.15, -0.1) is 0 Å². The maximum atomic E-state index is 15.2. The quantitative estimate of drug-likeness (QED) is 0.242. The van der Waals surface area contributed by atoms with Gasteiger partial charge in [-0.05, 0) is 60.7 Å². The zero-order valence-electron chi connectivity index (χ0n) is 26.2. The number of carbonyl (C=O) groups is 5. The van der Waals surface area contributed by atoms with Gasteiger partial charge < -0.3 is 20.3 Å². The predicted molar refractivity (Wildman–Crippen MR) is 177 cm³/mol. The Morgan fingerprint density at radius 1 is 0.918 bits per heavy atom. The third kappa shape index (κ3) is 4.68. The fourth-order valence-electron chi connectivity index (χ4n) is 8.30. The van der Waals surface area contributed by atoms with Crippen LogP contribution in [-0.4, -0.2) is 58.9 Å². The molecule has 2 aliphatic heterocycles. The van der Waals surface area contributed by atoms with Crippen molar-refractivity contribution in [3.05, 3.63) is 93.5 Å². The molecule has 7 rings (SSSR count). The smallest absolute Gasteiger partial charge is 0.328 e. The largest absolute Gasteiger partial charge is 0.508 e. The van der Waals surface area contributed by atoms with E-state index in [2.05, 4.69) is 5.43 Å². The molecule has 0 unspecified atom stereocenters. The molecular formula is C35H30Cl2N4O8. The number of nitrogens with zero attached hydrogens (tertiary/aromatic N) is 2. The predicted octanol–water partition coefficient (Wildman–Crippen LogP) is 4.78. The second kappa shape index (κ2) is 11.8. The minimum absolute atomic E-state index is 0.0326. The van der Waals surface area contributed by atoms with Crippen molar-refractivity contribution >= 4 is 58.5 Å². The van der Waals surface area contributed by atoms with Crippen LogP contribution in [0.3, 0.4) is 0 Å². The Labute approximate surface area is 290 Å². The maximum Gasteiger partial charge on any atom is 0.328 e. The van der Waals surface area contributed by atoms with Crippen LogP contribution in [0.5, 0.6) is 17.2 Å². The molecule has 0 spiro atoms. The number of hydrazine groups is 1. The number of imide groups is 4. The fourth-order valence-corrected chi connectivity index (χ4v) is 8.75. The van der Waals surface area contributed by atoms with E-state index in [1.807, 2.05) is 0 Å². The Morgan fingerprint density at radius 2 is 1.61 bits per heavy atom. The van der Waals surface area contributed by atoms with Crippen molar-refractivity contribution in [1.29, 1.82) is 0 Å². The molecule has 4 aliphatic rings. The van der Waals surface area contributed by atoms with Gasteiger partial charge in [0, 0.05) is 22.6 Å². The lowest BCUT2D eigenvalue weighted by Gasteiger charge is -2.50. The number of halogens is 2. The summed E-state index contributed by atoms with van der Waals surface area (Å²) in [5, 5.41) is 13.0. The van der Waals surface area contributed by atoms with Gasteiger partial charge in [-0.25, -0.2) is 4.79 Å². The minimum atomic E-state index is -1.68. The summed E-state index contributed by atoms with van der Waals surface area (Å²) >= 11 is 12.6. The Kier molecular flexibility index (Phi) is 7.83. The monoisotopic (exact) mass is 704 g/mol. The van der Waals surface area contributed by atoms with Crippen LogP contribution >= 0.6 is 23.2 Å². The first-order chi connectivity index (χ1) is 23.4. The highest BCUT2D eigenvalue weighted by molar-refractivity contribution is 6.36. The number of primary amides is 1. The zero-order chi connectivity index (χ0) is 34.9. The first-order valence-electron chi connectivity index (χ1n) is 15.4. The third-order valence-corrected chi connectivity index (χ3v) is 10.9. The number of benzene rings is 3. The summed E-state index contributed by atoms with van der Waals surface area (Å²) < 4.78 is 10.7. The highest BCUT2D eigenvalue weighted by Gasteiger charge is 2.71. The van der Waals surface area contributed by atoms with Gasteiger partial charge in [0.2, 0.25) is 11.8 Å². The molecule has 3 aromatic carbocycles. The van der Waals surface area contributed by atoms with Crippen molar-refractivity contribution in [1.82, 2.24) is 9.91 Å². The molecule has 2 saturated heterocycles. The molecule has 1 saturated carbocycles. The van der Waals surface area contributed by atoms with Crippen molar-refractivity contribution in [2.24, 2.45) is 29.4 Å². The molecule has 4 N–H and O–H groups in total. The summed E-state index contributed by atoms with van der Waals surface area (Å²) in [6.07, 6.45) is 1.84. The average molecular weight is 706 g/mol. The standard InChI is InChI=1S/C35H30Cl2N4O8/c1-48-18-6-3-16(4-7-18)35-24(31(44)41(33(35)46)39-26-12-5-17(36)13-25(26)37)15-23-20(29(35)21-9-8-19(49-2)14-27(21)42)10-11-22-28(23)32(45)40(30(22)43)34(38)47/h3-10,12-14,22-24,28-29,39,42H,11,15H2,1-2H3,(H2,38,47)/t22-,23+,24-,28-,29+,35+/m0/s1. The summed E-state index contributed by atoms with van der Waals surface area (Å²) in [7, 11) is 2.95. The summed E-state index contributed by atoms with van der Waals surface area (Å²) in [6, 6.07) is 14.8. The van der Waals surface area contributed by atoms with Crippen LogP contribution < -0.4 is 20.6 Å². The number of urea groups is 1. The van der Waals surface area contributed by atoms with Crippen molar-refractivity contribution in [3.8, 4) is 17.2 Å². The van der Waals surface area contributed by atoms with E-state index in [1.165, 1.54) is 32.4 Å². The third-order valence-electron chi connectivity index (χ3n) is 10.3. The number of anilines is 1. The first kappa shape index (κ1) is 32.5. The van der Waals surface area contributed by atoms with Gasteiger partial charge in [-0.1, -0.05) is 53.1 Å². The molecule has 2 heterocycles. The van der Waals surface area contributed by atoms with Crippen molar-refractivity contribution in [2.75, 3.05) is 19.6 Å².